The highest BCUT2D eigenvalue weighted by atomic mass is 35.5. The number of imidazole rings is 1. The fourth-order valence-corrected chi connectivity index (χ4v) is 6.00. The third kappa shape index (κ3) is 6.78. The lowest BCUT2D eigenvalue weighted by atomic mass is 9.85. The standard InChI is InChI=1S/C28H36Cl2N8O3/c1-28(2,3)41-27(40)37-13-5-6-17(15-37)33-25-32-14-21-24(36-25)38(18-11-9-16(10-12-18)23(31)39)26(34-21)35-22-19(29)7-4-8-20(22)30/h4,7-8,14,16-18H,5-6,9-13,15H2,1-3H3,(H2,31,39)(H,34,35)(H,32,33,36). The van der Waals surface area contributed by atoms with Gasteiger partial charge in [-0.15, -0.1) is 0 Å². The van der Waals surface area contributed by atoms with Gasteiger partial charge in [-0.25, -0.2) is 14.8 Å². The third-order valence-electron chi connectivity index (χ3n) is 7.50. The molecule has 1 saturated carbocycles. The molecule has 5 rings (SSSR count). The number of para-hydroxylation sites is 1. The van der Waals surface area contributed by atoms with E-state index < -0.39 is 5.60 Å². The van der Waals surface area contributed by atoms with E-state index in [0.717, 1.165) is 25.7 Å². The molecule has 2 aromatic heterocycles. The van der Waals surface area contributed by atoms with Crippen molar-refractivity contribution in [2.45, 2.75) is 77.0 Å². The summed E-state index contributed by atoms with van der Waals surface area (Å²) in [5.41, 5.74) is 6.85. The van der Waals surface area contributed by atoms with Gasteiger partial charge in [0.1, 0.15) is 11.1 Å². The number of amides is 2. The number of benzene rings is 1. The van der Waals surface area contributed by atoms with Gasteiger partial charge in [-0.05, 0) is 71.4 Å². The van der Waals surface area contributed by atoms with Crippen molar-refractivity contribution in [3.8, 4) is 0 Å². The van der Waals surface area contributed by atoms with Gasteiger partial charge in [-0.1, -0.05) is 29.3 Å². The Hall–Kier alpha value is -3.31. The summed E-state index contributed by atoms with van der Waals surface area (Å²) in [4.78, 5) is 40.4. The van der Waals surface area contributed by atoms with Gasteiger partial charge in [0.05, 0.1) is 21.9 Å². The van der Waals surface area contributed by atoms with E-state index in [-0.39, 0.29) is 30.0 Å². The lowest BCUT2D eigenvalue weighted by Crippen LogP contribution is -2.47. The maximum absolute atomic E-state index is 12.7. The van der Waals surface area contributed by atoms with Crippen LogP contribution in [0.5, 0.6) is 0 Å². The van der Waals surface area contributed by atoms with Crippen LogP contribution in [-0.4, -0.2) is 61.2 Å². The van der Waals surface area contributed by atoms with Crippen LogP contribution in [0.15, 0.2) is 24.4 Å². The van der Waals surface area contributed by atoms with Crippen LogP contribution in [0.4, 0.5) is 22.4 Å². The average Bonchev–Trinajstić information content (AvgIpc) is 3.27. The quantitative estimate of drug-likeness (QED) is 0.316. The Morgan fingerprint density at radius 2 is 1.78 bits per heavy atom. The van der Waals surface area contributed by atoms with Crippen molar-refractivity contribution in [3.63, 3.8) is 0 Å². The molecule has 1 aliphatic heterocycles. The maximum atomic E-state index is 12.7. The monoisotopic (exact) mass is 602 g/mol. The summed E-state index contributed by atoms with van der Waals surface area (Å²) in [6.45, 7) is 6.72. The first-order chi connectivity index (χ1) is 19.5. The van der Waals surface area contributed by atoms with Crippen molar-refractivity contribution in [1.29, 1.82) is 0 Å². The number of nitrogens with two attached hydrogens (primary N) is 1. The van der Waals surface area contributed by atoms with Crippen LogP contribution in [0.2, 0.25) is 10.0 Å². The number of hydrogen-bond donors (Lipinski definition) is 3. The molecule has 1 saturated heterocycles. The summed E-state index contributed by atoms with van der Waals surface area (Å²) >= 11 is 12.9. The zero-order valence-electron chi connectivity index (χ0n) is 23.5. The zero-order valence-corrected chi connectivity index (χ0v) is 25.0. The number of carbonyl (C=O) groups is 2. The van der Waals surface area contributed by atoms with Crippen LogP contribution in [0.3, 0.4) is 0 Å². The third-order valence-corrected chi connectivity index (χ3v) is 8.13. The Bertz CT molecular complexity index is 1410. The first-order valence-electron chi connectivity index (χ1n) is 14.0. The number of aromatic nitrogens is 4. The molecule has 1 unspecified atom stereocenters. The molecule has 3 heterocycles. The molecule has 0 radical (unpaired) electrons. The molecule has 2 amide bonds. The van der Waals surface area contributed by atoms with E-state index in [4.69, 9.17) is 43.6 Å². The smallest absolute Gasteiger partial charge is 0.410 e. The fourth-order valence-electron chi connectivity index (χ4n) is 5.51. The molecule has 0 spiro atoms. The maximum Gasteiger partial charge on any atom is 0.410 e. The predicted molar refractivity (Wildman–Crippen MR) is 160 cm³/mol. The molecule has 11 nitrogen and oxygen atoms in total. The number of piperidine rings is 1. The van der Waals surface area contributed by atoms with Crippen LogP contribution in [0.25, 0.3) is 11.2 Å². The molecule has 3 aromatic rings. The van der Waals surface area contributed by atoms with Gasteiger partial charge in [0.15, 0.2) is 5.65 Å². The summed E-state index contributed by atoms with van der Waals surface area (Å²) in [7, 11) is 0. The number of ether oxygens (including phenoxy) is 1. The Labute approximate surface area is 249 Å². The number of hydrogen-bond acceptors (Lipinski definition) is 8. The average molecular weight is 604 g/mol. The Balaban J connectivity index is 1.43. The van der Waals surface area contributed by atoms with E-state index in [9.17, 15) is 9.59 Å². The summed E-state index contributed by atoms with van der Waals surface area (Å²) in [6, 6.07) is 5.29. The predicted octanol–water partition coefficient (Wildman–Crippen LogP) is 5.90. The normalized spacial score (nSPS) is 21.5. The van der Waals surface area contributed by atoms with Crippen molar-refractivity contribution < 1.29 is 14.3 Å². The van der Waals surface area contributed by atoms with E-state index >= 15 is 0 Å². The number of fused-ring (bicyclic) bond motifs is 1. The molecule has 1 aliphatic carbocycles. The van der Waals surface area contributed by atoms with E-state index in [0.29, 0.717) is 64.7 Å². The van der Waals surface area contributed by atoms with Crippen LogP contribution >= 0.6 is 23.2 Å². The fraction of sp³-hybridized carbons (Fsp3) is 0.536. The molecular formula is C28H36Cl2N8O3. The van der Waals surface area contributed by atoms with Gasteiger partial charge in [-0.3, -0.25) is 9.36 Å². The second-order valence-electron chi connectivity index (χ2n) is 11.7. The minimum absolute atomic E-state index is 0.0273. The Morgan fingerprint density at radius 3 is 2.44 bits per heavy atom. The first kappa shape index (κ1) is 29.2. The van der Waals surface area contributed by atoms with Crippen molar-refractivity contribution >= 4 is 64.0 Å². The van der Waals surface area contributed by atoms with Crippen LogP contribution in [0, 0.1) is 5.92 Å². The molecule has 220 valence electrons. The Morgan fingerprint density at radius 1 is 1.07 bits per heavy atom. The topological polar surface area (TPSA) is 140 Å². The van der Waals surface area contributed by atoms with Crippen LogP contribution in [-0.2, 0) is 9.53 Å². The van der Waals surface area contributed by atoms with Gasteiger partial charge in [-0.2, -0.15) is 4.98 Å². The van der Waals surface area contributed by atoms with Crippen LogP contribution in [0.1, 0.15) is 65.3 Å². The van der Waals surface area contributed by atoms with Crippen molar-refractivity contribution in [3.05, 3.63) is 34.4 Å². The lowest BCUT2D eigenvalue weighted by Gasteiger charge is -2.34. The number of nitrogens with one attached hydrogen (secondary N) is 2. The highest BCUT2D eigenvalue weighted by molar-refractivity contribution is 6.39. The minimum atomic E-state index is -0.555. The van der Waals surface area contributed by atoms with E-state index in [2.05, 4.69) is 15.6 Å². The molecule has 41 heavy (non-hydrogen) atoms. The zero-order chi connectivity index (χ0) is 29.3. The number of likely N-dealkylation sites (tertiary alicyclic amines) is 1. The second-order valence-corrected chi connectivity index (χ2v) is 12.6. The largest absolute Gasteiger partial charge is 0.444 e. The number of primary amides is 1. The number of halogens is 2. The lowest BCUT2D eigenvalue weighted by molar-refractivity contribution is -0.122. The summed E-state index contributed by atoms with van der Waals surface area (Å²) in [5.74, 6) is 0.587. The van der Waals surface area contributed by atoms with Crippen molar-refractivity contribution in [1.82, 2.24) is 24.4 Å². The van der Waals surface area contributed by atoms with E-state index in [1.165, 1.54) is 0 Å². The van der Waals surface area contributed by atoms with Crippen molar-refractivity contribution in [2.75, 3.05) is 23.7 Å². The molecule has 1 aromatic carbocycles. The molecule has 2 fully saturated rings. The minimum Gasteiger partial charge on any atom is -0.444 e. The molecule has 13 heteroatoms. The summed E-state index contributed by atoms with van der Waals surface area (Å²) in [6.07, 6.45) is 5.93. The SMILES string of the molecule is CC(C)(C)OC(=O)N1CCCC(Nc2ncc3nc(Nc4c(Cl)cccc4Cl)n(C4CCC(C(N)=O)CC4)c3n2)C1. The van der Waals surface area contributed by atoms with Gasteiger partial charge in [0.2, 0.25) is 17.8 Å². The highest BCUT2D eigenvalue weighted by Gasteiger charge is 2.31. The number of nitrogens with zero attached hydrogens (tertiary/aromatic N) is 5. The highest BCUT2D eigenvalue weighted by Crippen LogP contribution is 2.39. The Kier molecular flexibility index (Phi) is 8.47. The van der Waals surface area contributed by atoms with E-state index in [1.807, 2.05) is 25.3 Å². The first-order valence-corrected chi connectivity index (χ1v) is 14.7. The van der Waals surface area contributed by atoms with Crippen molar-refractivity contribution in [2.24, 2.45) is 11.7 Å². The second kappa shape index (κ2) is 11.9. The summed E-state index contributed by atoms with van der Waals surface area (Å²) < 4.78 is 7.62. The van der Waals surface area contributed by atoms with Gasteiger partial charge in [0.25, 0.3) is 0 Å². The number of carbonyl (C=O) groups excluding carboxylic acids is 2. The van der Waals surface area contributed by atoms with Gasteiger partial charge < -0.3 is 26.0 Å². The summed E-state index contributed by atoms with van der Waals surface area (Å²) in [5, 5.41) is 7.66. The molecule has 2 aliphatic rings. The molecular weight excluding hydrogens is 567 g/mol. The van der Waals surface area contributed by atoms with E-state index in [1.54, 1.807) is 29.3 Å². The molecule has 1 atom stereocenters. The van der Waals surface area contributed by atoms with Gasteiger partial charge in [0, 0.05) is 31.1 Å². The number of anilines is 3. The molecule has 4 N–H and O–H groups in total. The van der Waals surface area contributed by atoms with Crippen LogP contribution < -0.4 is 16.4 Å². The molecule has 0 bridgehead atoms. The number of rotatable bonds is 6. The van der Waals surface area contributed by atoms with Gasteiger partial charge >= 0.3 is 6.09 Å².